The summed E-state index contributed by atoms with van der Waals surface area (Å²) in [7, 11) is 0. The fraction of sp³-hybridized carbons (Fsp3) is 0.455. The van der Waals surface area contributed by atoms with Crippen LogP contribution in [0.25, 0.3) is 0 Å². The Kier molecular flexibility index (Phi) is 3.43. The molecule has 17 heavy (non-hydrogen) atoms. The summed E-state index contributed by atoms with van der Waals surface area (Å²) in [5, 5.41) is 8.98. The van der Waals surface area contributed by atoms with Gasteiger partial charge in [-0.2, -0.15) is 0 Å². The molecule has 2 rings (SSSR count). The average Bonchev–Trinajstić information content (AvgIpc) is 2.78. The number of hydrogen-bond donors (Lipinski definition) is 2. The van der Waals surface area contributed by atoms with Crippen molar-refractivity contribution < 1.29 is 9.84 Å². The molecule has 2 atom stereocenters. The summed E-state index contributed by atoms with van der Waals surface area (Å²) in [5.74, 6) is 2.41. The first-order valence-electron chi connectivity index (χ1n) is 5.24. The van der Waals surface area contributed by atoms with E-state index in [2.05, 4.69) is 10.9 Å². The van der Waals surface area contributed by atoms with Crippen LogP contribution in [0.1, 0.15) is 24.6 Å². The van der Waals surface area contributed by atoms with Gasteiger partial charge in [0.25, 0.3) is 0 Å². The molecule has 1 fully saturated rings. The van der Waals surface area contributed by atoms with Crippen LogP contribution in [-0.2, 0) is 4.74 Å². The number of nitrogens with one attached hydrogen (secondary N) is 1. The van der Waals surface area contributed by atoms with E-state index in [1.807, 2.05) is 0 Å². The highest BCUT2D eigenvalue weighted by atomic mass is 32.1. The van der Waals surface area contributed by atoms with Crippen LogP contribution in [0.2, 0.25) is 0 Å². The van der Waals surface area contributed by atoms with Gasteiger partial charge in [0, 0.05) is 6.20 Å². The van der Waals surface area contributed by atoms with Crippen molar-refractivity contribution in [2.24, 2.45) is 0 Å². The van der Waals surface area contributed by atoms with Gasteiger partial charge in [0.2, 0.25) is 0 Å². The highest BCUT2D eigenvalue weighted by Gasteiger charge is 2.26. The normalized spacial score (nSPS) is 23.5. The van der Waals surface area contributed by atoms with Crippen LogP contribution in [-0.4, -0.2) is 27.4 Å². The number of nitrogens with zero attached hydrogens (tertiary/aromatic N) is 1. The topological polar surface area (TPSA) is 67.2 Å². The minimum Gasteiger partial charge on any atom is -0.394 e. The number of aliphatic hydroxyl groups excluding tert-OH is 1. The minimum absolute atomic E-state index is 0.0456. The molecule has 90 valence electrons. The molecule has 0 amide bonds. The van der Waals surface area contributed by atoms with Gasteiger partial charge in [0.05, 0.1) is 18.3 Å². The van der Waals surface area contributed by atoms with Crippen molar-refractivity contribution in [3.8, 4) is 12.3 Å². The third-order valence-electron chi connectivity index (χ3n) is 2.72. The molecular formula is C11H12N2O3S. The number of aliphatic hydroxyl groups is 1. The molecular weight excluding hydrogens is 240 g/mol. The van der Waals surface area contributed by atoms with Gasteiger partial charge in [0.1, 0.15) is 10.9 Å². The standard InChI is InChI=1S/C11H12N2O3S/c1-2-7-5-13(11(15)12-10(7)17)9-4-3-8(6-14)16-9/h1,5,8-9,14H,3-4,6H2,(H,12,15,17). The van der Waals surface area contributed by atoms with E-state index < -0.39 is 6.23 Å². The molecule has 2 N–H and O–H groups in total. The Bertz CT molecular complexity index is 569. The maximum atomic E-state index is 11.7. The van der Waals surface area contributed by atoms with Gasteiger partial charge in [-0.05, 0) is 12.8 Å². The van der Waals surface area contributed by atoms with E-state index in [4.69, 9.17) is 28.5 Å². The summed E-state index contributed by atoms with van der Waals surface area (Å²) >= 11 is 4.93. The molecule has 1 aliphatic heterocycles. The summed E-state index contributed by atoms with van der Waals surface area (Å²) in [4.78, 5) is 14.2. The second-order valence-electron chi connectivity index (χ2n) is 3.83. The molecule has 0 radical (unpaired) electrons. The summed E-state index contributed by atoms with van der Waals surface area (Å²) < 4.78 is 7.15. The fourth-order valence-corrected chi connectivity index (χ4v) is 2.03. The molecule has 2 heterocycles. The number of aromatic amines is 1. The molecule has 6 heteroatoms. The third-order valence-corrected chi connectivity index (χ3v) is 3.04. The zero-order valence-corrected chi connectivity index (χ0v) is 9.87. The van der Waals surface area contributed by atoms with Crippen LogP contribution in [0.3, 0.4) is 0 Å². The van der Waals surface area contributed by atoms with Crippen molar-refractivity contribution in [3.63, 3.8) is 0 Å². The second-order valence-corrected chi connectivity index (χ2v) is 4.23. The average molecular weight is 252 g/mol. The van der Waals surface area contributed by atoms with Crippen LogP contribution in [0.5, 0.6) is 0 Å². The second kappa shape index (κ2) is 4.84. The first-order chi connectivity index (χ1) is 8.15. The predicted octanol–water partition coefficient (Wildman–Crippen LogP) is 0.557. The van der Waals surface area contributed by atoms with Crippen molar-refractivity contribution in [1.82, 2.24) is 9.55 Å². The van der Waals surface area contributed by atoms with E-state index >= 15 is 0 Å². The van der Waals surface area contributed by atoms with Crippen LogP contribution < -0.4 is 5.69 Å². The fourth-order valence-electron chi connectivity index (χ4n) is 1.83. The van der Waals surface area contributed by atoms with E-state index in [1.54, 1.807) is 0 Å². The summed E-state index contributed by atoms with van der Waals surface area (Å²) in [6.45, 7) is -0.0456. The number of aromatic nitrogens is 2. The molecule has 1 aliphatic rings. The Balaban J connectivity index is 2.37. The quantitative estimate of drug-likeness (QED) is 0.596. The largest absolute Gasteiger partial charge is 0.394 e. The minimum atomic E-state index is -0.390. The van der Waals surface area contributed by atoms with Crippen molar-refractivity contribution >= 4 is 12.2 Å². The lowest BCUT2D eigenvalue weighted by molar-refractivity contribution is -0.0246. The van der Waals surface area contributed by atoms with Crippen molar-refractivity contribution in [2.75, 3.05) is 6.61 Å². The number of terminal acetylenes is 1. The van der Waals surface area contributed by atoms with Crippen molar-refractivity contribution in [3.05, 3.63) is 26.9 Å². The smallest absolute Gasteiger partial charge is 0.328 e. The number of rotatable bonds is 2. The van der Waals surface area contributed by atoms with E-state index in [0.717, 1.165) is 0 Å². The summed E-state index contributed by atoms with van der Waals surface area (Å²) in [6.07, 6.45) is 7.58. The van der Waals surface area contributed by atoms with Crippen LogP contribution in [0.15, 0.2) is 11.0 Å². The van der Waals surface area contributed by atoms with Gasteiger partial charge in [0.15, 0.2) is 0 Å². The van der Waals surface area contributed by atoms with Crippen LogP contribution in [0, 0.1) is 17.0 Å². The molecule has 1 saturated heterocycles. The Hall–Kier alpha value is -1.42. The van der Waals surface area contributed by atoms with E-state index in [0.29, 0.717) is 18.4 Å². The molecule has 5 nitrogen and oxygen atoms in total. The SMILES string of the molecule is C#Cc1cn(C2CCC(CO)O2)c(=O)[nH]c1=S. The Morgan fingerprint density at radius 2 is 2.47 bits per heavy atom. The monoisotopic (exact) mass is 252 g/mol. The molecule has 0 bridgehead atoms. The van der Waals surface area contributed by atoms with Crippen molar-refractivity contribution in [1.29, 1.82) is 0 Å². The van der Waals surface area contributed by atoms with Gasteiger partial charge in [-0.15, -0.1) is 6.42 Å². The van der Waals surface area contributed by atoms with Gasteiger partial charge >= 0.3 is 5.69 Å². The van der Waals surface area contributed by atoms with Crippen LogP contribution >= 0.6 is 12.2 Å². The third kappa shape index (κ3) is 2.31. The van der Waals surface area contributed by atoms with Crippen molar-refractivity contribution in [2.45, 2.75) is 25.2 Å². The number of ether oxygens (including phenoxy) is 1. The lowest BCUT2D eigenvalue weighted by atomic mass is 10.2. The zero-order valence-electron chi connectivity index (χ0n) is 9.05. The Morgan fingerprint density at radius 3 is 3.06 bits per heavy atom. The van der Waals surface area contributed by atoms with Crippen LogP contribution in [0.4, 0.5) is 0 Å². The lowest BCUT2D eigenvalue weighted by Crippen LogP contribution is -2.28. The zero-order chi connectivity index (χ0) is 12.4. The lowest BCUT2D eigenvalue weighted by Gasteiger charge is -2.15. The first-order valence-corrected chi connectivity index (χ1v) is 5.65. The molecule has 0 aromatic carbocycles. The maximum Gasteiger partial charge on any atom is 0.328 e. The number of hydrogen-bond acceptors (Lipinski definition) is 4. The number of H-pyrrole nitrogens is 1. The van der Waals surface area contributed by atoms with E-state index in [-0.39, 0.29) is 23.0 Å². The molecule has 2 unspecified atom stereocenters. The van der Waals surface area contributed by atoms with E-state index in [1.165, 1.54) is 10.8 Å². The molecule has 1 aromatic rings. The molecule has 0 aliphatic carbocycles. The van der Waals surface area contributed by atoms with Gasteiger partial charge in [-0.25, -0.2) is 4.79 Å². The Labute approximate surface area is 103 Å². The van der Waals surface area contributed by atoms with Gasteiger partial charge in [-0.1, -0.05) is 18.1 Å². The predicted molar refractivity (Wildman–Crippen MR) is 64.1 cm³/mol. The van der Waals surface area contributed by atoms with Gasteiger partial charge < -0.3 is 9.84 Å². The van der Waals surface area contributed by atoms with E-state index in [9.17, 15) is 4.79 Å². The highest BCUT2D eigenvalue weighted by molar-refractivity contribution is 7.71. The summed E-state index contributed by atoms with van der Waals surface area (Å²) in [5.41, 5.74) is 0.105. The van der Waals surface area contributed by atoms with Gasteiger partial charge in [-0.3, -0.25) is 9.55 Å². The molecule has 0 spiro atoms. The highest BCUT2D eigenvalue weighted by Crippen LogP contribution is 2.26. The summed E-state index contributed by atoms with van der Waals surface area (Å²) in [6, 6.07) is 0. The molecule has 0 saturated carbocycles. The Morgan fingerprint density at radius 1 is 1.71 bits per heavy atom. The molecule has 1 aromatic heterocycles. The maximum absolute atomic E-state index is 11.7. The first kappa shape index (κ1) is 12.0.